The van der Waals surface area contributed by atoms with Gasteiger partial charge in [0.05, 0.1) is 18.4 Å². The molecule has 0 radical (unpaired) electrons. The van der Waals surface area contributed by atoms with Crippen LogP contribution in [0, 0.1) is 0 Å². The largest absolute Gasteiger partial charge is 0.306 e. The van der Waals surface area contributed by atoms with Gasteiger partial charge in [-0.3, -0.25) is 4.79 Å². The molecular formula is C19H21N3O. The van der Waals surface area contributed by atoms with Gasteiger partial charge in [0.25, 0.3) is 0 Å². The zero-order valence-corrected chi connectivity index (χ0v) is 13.4. The molecule has 0 bridgehead atoms. The summed E-state index contributed by atoms with van der Waals surface area (Å²) < 4.78 is 2.03. The lowest BCUT2D eigenvalue weighted by Gasteiger charge is -2.22. The van der Waals surface area contributed by atoms with Crippen LogP contribution in [0.5, 0.6) is 0 Å². The SMILES string of the molecule is CCCCC(=O)N(Cc1cnc2ccccn12)c1ccccc1. The summed E-state index contributed by atoms with van der Waals surface area (Å²) in [6.45, 7) is 2.63. The summed E-state index contributed by atoms with van der Waals surface area (Å²) in [5, 5.41) is 0. The van der Waals surface area contributed by atoms with Gasteiger partial charge in [0.15, 0.2) is 0 Å². The molecule has 0 N–H and O–H groups in total. The minimum absolute atomic E-state index is 0.156. The van der Waals surface area contributed by atoms with Crippen molar-refractivity contribution in [2.45, 2.75) is 32.7 Å². The minimum Gasteiger partial charge on any atom is -0.306 e. The van der Waals surface area contributed by atoms with Crippen molar-refractivity contribution in [3.8, 4) is 0 Å². The molecule has 4 heteroatoms. The first-order valence-corrected chi connectivity index (χ1v) is 8.06. The quantitative estimate of drug-likeness (QED) is 0.689. The molecule has 1 aromatic carbocycles. The molecule has 0 unspecified atom stereocenters. The van der Waals surface area contributed by atoms with E-state index < -0.39 is 0 Å². The highest BCUT2D eigenvalue weighted by atomic mass is 16.2. The van der Waals surface area contributed by atoms with Gasteiger partial charge >= 0.3 is 0 Å². The number of nitrogens with zero attached hydrogens (tertiary/aromatic N) is 3. The Hall–Kier alpha value is -2.62. The van der Waals surface area contributed by atoms with Crippen molar-refractivity contribution < 1.29 is 4.79 Å². The van der Waals surface area contributed by atoms with E-state index in [1.807, 2.05) is 70.2 Å². The molecule has 2 aromatic heterocycles. The van der Waals surface area contributed by atoms with Crippen LogP contribution in [0.3, 0.4) is 0 Å². The van der Waals surface area contributed by atoms with Gasteiger partial charge in [0.1, 0.15) is 5.65 Å². The Kier molecular flexibility index (Phi) is 4.71. The van der Waals surface area contributed by atoms with Gasteiger partial charge in [-0.25, -0.2) is 4.98 Å². The number of carbonyl (C=O) groups excluding carboxylic acids is 1. The predicted octanol–water partition coefficient (Wildman–Crippen LogP) is 4.06. The van der Waals surface area contributed by atoms with Gasteiger partial charge in [-0.1, -0.05) is 37.6 Å². The second-order valence-corrected chi connectivity index (χ2v) is 5.60. The monoisotopic (exact) mass is 307 g/mol. The van der Waals surface area contributed by atoms with Crippen LogP contribution in [-0.4, -0.2) is 15.3 Å². The topological polar surface area (TPSA) is 37.6 Å². The van der Waals surface area contributed by atoms with Crippen LogP contribution in [0.15, 0.2) is 60.9 Å². The molecule has 2 heterocycles. The van der Waals surface area contributed by atoms with E-state index >= 15 is 0 Å². The summed E-state index contributed by atoms with van der Waals surface area (Å²) in [5.41, 5.74) is 2.84. The van der Waals surface area contributed by atoms with Gasteiger partial charge in [0.2, 0.25) is 5.91 Å². The molecule has 0 saturated heterocycles. The first-order chi connectivity index (χ1) is 11.3. The second kappa shape index (κ2) is 7.09. The Balaban J connectivity index is 1.90. The fraction of sp³-hybridized carbons (Fsp3) is 0.263. The molecule has 3 aromatic rings. The first-order valence-electron chi connectivity index (χ1n) is 8.06. The Morgan fingerprint density at radius 1 is 1.13 bits per heavy atom. The standard InChI is InChI=1S/C19H21N3O/c1-2-3-12-19(23)22(16-9-5-4-6-10-16)15-17-14-20-18-11-7-8-13-21(17)18/h4-11,13-14H,2-3,12,15H2,1H3. The molecule has 23 heavy (non-hydrogen) atoms. The van der Waals surface area contributed by atoms with Crippen LogP contribution in [-0.2, 0) is 11.3 Å². The molecule has 118 valence electrons. The number of para-hydroxylation sites is 1. The highest BCUT2D eigenvalue weighted by Gasteiger charge is 2.17. The van der Waals surface area contributed by atoms with Crippen molar-refractivity contribution in [3.63, 3.8) is 0 Å². The average molecular weight is 307 g/mol. The Labute approximate surface area is 136 Å². The zero-order valence-electron chi connectivity index (χ0n) is 13.4. The number of anilines is 1. The number of aromatic nitrogens is 2. The van der Waals surface area contributed by atoms with Crippen molar-refractivity contribution in [1.29, 1.82) is 0 Å². The third kappa shape index (κ3) is 3.42. The smallest absolute Gasteiger partial charge is 0.227 e. The summed E-state index contributed by atoms with van der Waals surface area (Å²) in [6, 6.07) is 15.8. The Morgan fingerprint density at radius 2 is 1.91 bits per heavy atom. The molecule has 1 amide bonds. The number of hydrogen-bond acceptors (Lipinski definition) is 2. The summed E-state index contributed by atoms with van der Waals surface area (Å²) >= 11 is 0. The maximum atomic E-state index is 12.7. The van der Waals surface area contributed by atoms with Gasteiger partial charge in [-0.05, 0) is 30.7 Å². The summed E-state index contributed by atoms with van der Waals surface area (Å²) in [7, 11) is 0. The van der Waals surface area contributed by atoms with Crippen LogP contribution >= 0.6 is 0 Å². The third-order valence-corrected chi connectivity index (χ3v) is 3.93. The van der Waals surface area contributed by atoms with Gasteiger partial charge in [-0.15, -0.1) is 0 Å². The molecule has 0 saturated carbocycles. The Bertz CT molecular complexity index is 779. The molecule has 4 nitrogen and oxygen atoms in total. The average Bonchev–Trinajstić information content (AvgIpc) is 3.01. The van der Waals surface area contributed by atoms with E-state index in [9.17, 15) is 4.79 Å². The Morgan fingerprint density at radius 3 is 2.70 bits per heavy atom. The van der Waals surface area contributed by atoms with Crippen LogP contribution in [0.25, 0.3) is 5.65 Å². The summed E-state index contributed by atoms with van der Waals surface area (Å²) in [6.07, 6.45) is 6.33. The van der Waals surface area contributed by atoms with Crippen molar-refractivity contribution in [2.75, 3.05) is 4.90 Å². The number of rotatable bonds is 6. The minimum atomic E-state index is 0.156. The van der Waals surface area contributed by atoms with E-state index in [2.05, 4.69) is 11.9 Å². The highest BCUT2D eigenvalue weighted by Crippen LogP contribution is 2.19. The molecule has 0 aliphatic carbocycles. The lowest BCUT2D eigenvalue weighted by atomic mass is 10.2. The molecule has 3 rings (SSSR count). The van der Waals surface area contributed by atoms with E-state index in [0.29, 0.717) is 13.0 Å². The van der Waals surface area contributed by atoms with Crippen LogP contribution < -0.4 is 4.90 Å². The molecule has 0 atom stereocenters. The normalized spacial score (nSPS) is 10.8. The number of unbranched alkanes of at least 4 members (excludes halogenated alkanes) is 1. The van der Waals surface area contributed by atoms with Crippen LogP contribution in [0.2, 0.25) is 0 Å². The van der Waals surface area contributed by atoms with Gasteiger partial charge in [0, 0.05) is 18.3 Å². The first kappa shape index (κ1) is 15.3. The summed E-state index contributed by atoms with van der Waals surface area (Å²) in [4.78, 5) is 18.9. The molecule has 0 aliphatic rings. The van der Waals surface area contributed by atoms with Crippen molar-refractivity contribution in [2.24, 2.45) is 0 Å². The van der Waals surface area contributed by atoms with E-state index in [-0.39, 0.29) is 5.91 Å². The molecule has 0 aliphatic heterocycles. The number of fused-ring (bicyclic) bond motifs is 1. The maximum absolute atomic E-state index is 12.7. The van der Waals surface area contributed by atoms with Crippen molar-refractivity contribution in [3.05, 3.63) is 66.6 Å². The van der Waals surface area contributed by atoms with Crippen LogP contribution in [0.1, 0.15) is 31.9 Å². The fourth-order valence-electron chi connectivity index (χ4n) is 2.66. The number of carbonyl (C=O) groups is 1. The fourth-order valence-corrected chi connectivity index (χ4v) is 2.66. The second-order valence-electron chi connectivity index (χ2n) is 5.60. The molecule has 0 fully saturated rings. The highest BCUT2D eigenvalue weighted by molar-refractivity contribution is 5.93. The third-order valence-electron chi connectivity index (χ3n) is 3.93. The number of imidazole rings is 1. The zero-order chi connectivity index (χ0) is 16.1. The lowest BCUT2D eigenvalue weighted by molar-refractivity contribution is -0.118. The maximum Gasteiger partial charge on any atom is 0.227 e. The van der Waals surface area contributed by atoms with E-state index in [1.54, 1.807) is 0 Å². The van der Waals surface area contributed by atoms with Crippen molar-refractivity contribution in [1.82, 2.24) is 9.38 Å². The molecule has 0 spiro atoms. The number of hydrogen-bond donors (Lipinski definition) is 0. The van der Waals surface area contributed by atoms with Gasteiger partial charge in [-0.2, -0.15) is 0 Å². The summed E-state index contributed by atoms with van der Waals surface area (Å²) in [5.74, 6) is 0.156. The van der Waals surface area contributed by atoms with Crippen LogP contribution in [0.4, 0.5) is 5.69 Å². The van der Waals surface area contributed by atoms with E-state index in [4.69, 9.17) is 0 Å². The number of pyridine rings is 1. The van der Waals surface area contributed by atoms with E-state index in [1.165, 1.54) is 0 Å². The van der Waals surface area contributed by atoms with E-state index in [0.717, 1.165) is 29.9 Å². The molecular weight excluding hydrogens is 286 g/mol. The predicted molar refractivity (Wildman–Crippen MR) is 92.3 cm³/mol. The number of amides is 1. The number of benzene rings is 1. The lowest BCUT2D eigenvalue weighted by Crippen LogP contribution is -2.30. The van der Waals surface area contributed by atoms with Crippen molar-refractivity contribution >= 4 is 17.2 Å². The van der Waals surface area contributed by atoms with Gasteiger partial charge < -0.3 is 9.30 Å².